The maximum atomic E-state index is 12.0. The maximum absolute atomic E-state index is 12.0. The molecule has 1 amide bonds. The monoisotopic (exact) mass is 393 g/mol. The van der Waals surface area contributed by atoms with Crippen LogP contribution in [0.15, 0.2) is 15.8 Å². The van der Waals surface area contributed by atoms with E-state index in [0.717, 1.165) is 12.8 Å². The molecular weight excluding hydrogens is 366 g/mol. The lowest BCUT2D eigenvalue weighted by Crippen LogP contribution is -2.33. The number of hydrogen-bond acceptors (Lipinski definition) is 6. The normalized spacial score (nSPS) is 21.4. The van der Waals surface area contributed by atoms with Gasteiger partial charge in [-0.3, -0.25) is 19.1 Å². The first kappa shape index (κ1) is 21.9. The van der Waals surface area contributed by atoms with Gasteiger partial charge in [-0.05, 0) is 12.8 Å². The highest BCUT2D eigenvalue weighted by atomic mass is 16.5. The average molecular weight is 393 g/mol. The molecule has 0 aromatic carbocycles. The number of rotatable bonds is 7. The minimum Gasteiger partial charge on any atom is -0.394 e. The standard InChI is InChI=1S/C19H27N3O6/c1-12(2)17(25)20-8-6-4-3-5-7-13-10-22(19(27)21-18(13)26)16-9-14(24)15(11-23)28-16/h10,12,14-16,23-24H,3-4,6,8-9,11H2,1-2H3,(H,20,25)(H,21,26,27)/t14-,15+,16+/m0/s1. The number of carbonyl (C=O) groups excluding carboxylic acids is 1. The van der Waals surface area contributed by atoms with Crippen molar-refractivity contribution in [2.75, 3.05) is 13.2 Å². The second kappa shape index (κ2) is 10.2. The third-order valence-electron chi connectivity index (χ3n) is 4.44. The summed E-state index contributed by atoms with van der Waals surface area (Å²) in [7, 11) is 0. The van der Waals surface area contributed by atoms with Gasteiger partial charge in [0, 0.05) is 31.5 Å². The fourth-order valence-corrected chi connectivity index (χ4v) is 2.75. The lowest BCUT2D eigenvalue weighted by molar-refractivity contribution is -0.123. The summed E-state index contributed by atoms with van der Waals surface area (Å²) in [5.74, 6) is 5.62. The van der Waals surface area contributed by atoms with Gasteiger partial charge in [0.25, 0.3) is 5.56 Å². The molecule has 2 heterocycles. The van der Waals surface area contributed by atoms with Crippen molar-refractivity contribution in [1.82, 2.24) is 14.9 Å². The van der Waals surface area contributed by atoms with Gasteiger partial charge in [-0.25, -0.2) is 4.79 Å². The largest absolute Gasteiger partial charge is 0.394 e. The van der Waals surface area contributed by atoms with Gasteiger partial charge in [0.05, 0.1) is 12.7 Å². The number of hydrogen-bond donors (Lipinski definition) is 4. The van der Waals surface area contributed by atoms with E-state index in [-0.39, 0.29) is 30.4 Å². The van der Waals surface area contributed by atoms with E-state index in [1.165, 1.54) is 10.8 Å². The Balaban J connectivity index is 1.94. The van der Waals surface area contributed by atoms with Gasteiger partial charge in [0.1, 0.15) is 17.9 Å². The molecule has 1 aliphatic heterocycles. The third kappa shape index (κ3) is 5.79. The van der Waals surface area contributed by atoms with Crippen molar-refractivity contribution in [3.8, 4) is 11.8 Å². The van der Waals surface area contributed by atoms with Gasteiger partial charge < -0.3 is 20.3 Å². The molecule has 0 spiro atoms. The van der Waals surface area contributed by atoms with Crippen LogP contribution in [0.1, 0.15) is 51.3 Å². The first-order chi connectivity index (χ1) is 13.3. The smallest absolute Gasteiger partial charge is 0.330 e. The molecular formula is C19H27N3O6. The molecule has 28 heavy (non-hydrogen) atoms. The lowest BCUT2D eigenvalue weighted by Gasteiger charge is -2.14. The molecule has 0 radical (unpaired) electrons. The molecule has 1 fully saturated rings. The van der Waals surface area contributed by atoms with E-state index in [1.54, 1.807) is 0 Å². The minimum atomic E-state index is -0.889. The fraction of sp³-hybridized carbons (Fsp3) is 0.632. The van der Waals surface area contributed by atoms with E-state index in [0.29, 0.717) is 13.0 Å². The fourth-order valence-electron chi connectivity index (χ4n) is 2.75. The van der Waals surface area contributed by atoms with Crippen molar-refractivity contribution in [2.45, 2.75) is 58.0 Å². The summed E-state index contributed by atoms with van der Waals surface area (Å²) >= 11 is 0. The molecule has 4 N–H and O–H groups in total. The van der Waals surface area contributed by atoms with Crippen molar-refractivity contribution >= 4 is 5.91 Å². The highest BCUT2D eigenvalue weighted by molar-refractivity contribution is 5.77. The van der Waals surface area contributed by atoms with Crippen LogP contribution in [-0.2, 0) is 9.53 Å². The summed E-state index contributed by atoms with van der Waals surface area (Å²) in [5, 5.41) is 21.8. The summed E-state index contributed by atoms with van der Waals surface area (Å²) in [6.07, 6.45) is 1.09. The van der Waals surface area contributed by atoms with Crippen LogP contribution in [0.25, 0.3) is 0 Å². The van der Waals surface area contributed by atoms with E-state index >= 15 is 0 Å². The van der Waals surface area contributed by atoms with Crippen LogP contribution in [0.4, 0.5) is 0 Å². The van der Waals surface area contributed by atoms with Crippen LogP contribution in [0.2, 0.25) is 0 Å². The minimum absolute atomic E-state index is 0.0163. The first-order valence-corrected chi connectivity index (χ1v) is 9.40. The molecule has 0 aliphatic carbocycles. The molecule has 154 valence electrons. The zero-order chi connectivity index (χ0) is 20.7. The van der Waals surface area contributed by atoms with Crippen molar-refractivity contribution in [3.05, 3.63) is 32.6 Å². The average Bonchev–Trinajstić information content (AvgIpc) is 3.02. The molecule has 2 rings (SSSR count). The highest BCUT2D eigenvalue weighted by Crippen LogP contribution is 2.27. The predicted octanol–water partition coefficient (Wildman–Crippen LogP) is -0.529. The maximum Gasteiger partial charge on any atom is 0.330 e. The number of H-pyrrole nitrogens is 1. The van der Waals surface area contributed by atoms with E-state index in [1.807, 2.05) is 13.8 Å². The Hall–Kier alpha value is -2.41. The van der Waals surface area contributed by atoms with Crippen molar-refractivity contribution in [2.24, 2.45) is 5.92 Å². The van der Waals surface area contributed by atoms with Crippen molar-refractivity contribution in [3.63, 3.8) is 0 Å². The van der Waals surface area contributed by atoms with E-state index in [2.05, 4.69) is 22.1 Å². The Kier molecular flexibility index (Phi) is 7.99. The molecule has 1 aliphatic rings. The van der Waals surface area contributed by atoms with Crippen LogP contribution in [0.3, 0.4) is 0 Å². The first-order valence-electron chi connectivity index (χ1n) is 9.40. The van der Waals surface area contributed by atoms with Crippen molar-refractivity contribution in [1.29, 1.82) is 0 Å². The van der Waals surface area contributed by atoms with Crippen molar-refractivity contribution < 1.29 is 19.7 Å². The topological polar surface area (TPSA) is 134 Å². The quantitative estimate of drug-likeness (QED) is 0.364. The van der Waals surface area contributed by atoms with E-state index in [9.17, 15) is 19.5 Å². The van der Waals surface area contributed by atoms with E-state index in [4.69, 9.17) is 9.84 Å². The summed E-state index contributed by atoms with van der Waals surface area (Å²) < 4.78 is 6.62. The Morgan fingerprint density at radius 1 is 1.43 bits per heavy atom. The molecule has 1 saturated heterocycles. The molecule has 0 unspecified atom stereocenters. The van der Waals surface area contributed by atoms with E-state index < -0.39 is 29.7 Å². The van der Waals surface area contributed by atoms with Crippen LogP contribution in [0, 0.1) is 17.8 Å². The van der Waals surface area contributed by atoms with Gasteiger partial charge in [0.15, 0.2) is 0 Å². The molecule has 0 bridgehead atoms. The number of nitrogens with one attached hydrogen (secondary N) is 2. The Bertz CT molecular complexity index is 848. The zero-order valence-corrected chi connectivity index (χ0v) is 16.1. The Labute approximate surface area is 162 Å². The highest BCUT2D eigenvalue weighted by Gasteiger charge is 2.35. The van der Waals surface area contributed by atoms with Gasteiger partial charge in [0.2, 0.25) is 5.91 Å². The Morgan fingerprint density at radius 3 is 2.82 bits per heavy atom. The summed E-state index contributed by atoms with van der Waals surface area (Å²) in [5.41, 5.74) is -1.12. The molecule has 3 atom stereocenters. The van der Waals surface area contributed by atoms with Gasteiger partial charge in [-0.2, -0.15) is 0 Å². The third-order valence-corrected chi connectivity index (χ3v) is 4.44. The lowest BCUT2D eigenvalue weighted by atomic mass is 10.2. The second-order valence-corrected chi connectivity index (χ2v) is 7.03. The molecule has 1 aromatic rings. The summed E-state index contributed by atoms with van der Waals surface area (Å²) in [6.45, 7) is 3.88. The van der Waals surface area contributed by atoms with Crippen LogP contribution >= 0.6 is 0 Å². The predicted molar refractivity (Wildman–Crippen MR) is 102 cm³/mol. The summed E-state index contributed by atoms with van der Waals surface area (Å²) in [6, 6.07) is 0. The second-order valence-electron chi connectivity index (χ2n) is 7.03. The number of nitrogens with zero attached hydrogens (tertiary/aromatic N) is 1. The number of aromatic nitrogens is 2. The Morgan fingerprint density at radius 2 is 2.18 bits per heavy atom. The number of carbonyl (C=O) groups is 1. The van der Waals surface area contributed by atoms with Gasteiger partial charge in [-0.1, -0.05) is 25.7 Å². The van der Waals surface area contributed by atoms with Crippen LogP contribution in [0.5, 0.6) is 0 Å². The number of aliphatic hydroxyl groups excluding tert-OH is 2. The number of unbranched alkanes of at least 4 members (excludes halogenated alkanes) is 2. The zero-order valence-electron chi connectivity index (χ0n) is 16.1. The molecule has 9 nitrogen and oxygen atoms in total. The molecule has 0 saturated carbocycles. The van der Waals surface area contributed by atoms with Gasteiger partial charge >= 0.3 is 5.69 Å². The number of ether oxygens (including phenoxy) is 1. The summed E-state index contributed by atoms with van der Waals surface area (Å²) in [4.78, 5) is 37.6. The van der Waals surface area contributed by atoms with Crippen LogP contribution < -0.4 is 16.6 Å². The van der Waals surface area contributed by atoms with Gasteiger partial charge in [-0.15, -0.1) is 0 Å². The van der Waals surface area contributed by atoms with Crippen LogP contribution in [-0.4, -0.2) is 51.0 Å². The number of aliphatic hydroxyl groups is 2. The SMILES string of the molecule is CC(C)C(=O)NCCCCC#Cc1cn([C@H]2C[C@H](O)[C@@H](CO)O2)c(=O)[nH]c1=O. The number of amides is 1. The number of aromatic amines is 1. The molecule has 9 heteroatoms. The molecule has 1 aromatic heterocycles.